The van der Waals surface area contributed by atoms with Gasteiger partial charge < -0.3 is 0 Å². The van der Waals surface area contributed by atoms with Gasteiger partial charge in [0.15, 0.2) is 0 Å². The lowest BCUT2D eigenvalue weighted by molar-refractivity contribution is 0.0843. The van der Waals surface area contributed by atoms with Gasteiger partial charge in [-0.3, -0.25) is 0 Å². The molecule has 0 saturated heterocycles. The van der Waals surface area contributed by atoms with Crippen molar-refractivity contribution in [3.05, 3.63) is 0 Å². The molecule has 0 heterocycles. The van der Waals surface area contributed by atoms with Gasteiger partial charge in [0.1, 0.15) is 0 Å². The van der Waals surface area contributed by atoms with Crippen LogP contribution in [0, 0.1) is 46.3 Å². The van der Waals surface area contributed by atoms with Gasteiger partial charge in [0.2, 0.25) is 0 Å². The van der Waals surface area contributed by atoms with Gasteiger partial charge in [-0.15, -0.1) is 0 Å². The van der Waals surface area contributed by atoms with Crippen LogP contribution in [0.2, 0.25) is 0 Å². The first kappa shape index (κ1) is 18.3. The van der Waals surface area contributed by atoms with Crippen molar-refractivity contribution in [1.82, 2.24) is 0 Å². The molecule has 0 spiro atoms. The number of nitrogens with zero attached hydrogens (tertiary/aromatic N) is 1. The van der Waals surface area contributed by atoms with Gasteiger partial charge in [-0.05, 0) is 87.4 Å². The molecule has 3 aliphatic carbocycles. The Balaban J connectivity index is 1.48. The zero-order chi connectivity index (χ0) is 17.0. The number of rotatable bonds is 4. The summed E-state index contributed by atoms with van der Waals surface area (Å²) in [6, 6.07) is 2.71. The molecule has 3 fully saturated rings. The molecule has 24 heavy (non-hydrogen) atoms. The molecule has 0 aliphatic heterocycles. The molecule has 1 nitrogen and oxygen atoms in total. The van der Waals surface area contributed by atoms with Crippen LogP contribution in [0.25, 0.3) is 0 Å². The Morgan fingerprint density at radius 1 is 0.792 bits per heavy atom. The van der Waals surface area contributed by atoms with Gasteiger partial charge >= 0.3 is 0 Å². The van der Waals surface area contributed by atoms with Crippen molar-refractivity contribution in [2.45, 2.75) is 104 Å². The van der Waals surface area contributed by atoms with Crippen LogP contribution in [0.1, 0.15) is 104 Å². The summed E-state index contributed by atoms with van der Waals surface area (Å²) in [5.41, 5.74) is 0.0261. The first-order valence-corrected chi connectivity index (χ1v) is 11.1. The largest absolute Gasteiger partial charge is 0.198 e. The van der Waals surface area contributed by atoms with Crippen molar-refractivity contribution in [2.75, 3.05) is 0 Å². The van der Waals surface area contributed by atoms with Crippen LogP contribution in [-0.2, 0) is 0 Å². The van der Waals surface area contributed by atoms with E-state index < -0.39 is 0 Å². The minimum atomic E-state index is 0.0261. The SMILES string of the molecule is CCC1(C#N)CCCC([C@H]2CC[C@H]([C@H]3CC[C@H](CC)CC3)CC2)C1. The molecule has 3 rings (SSSR count). The fourth-order valence-corrected chi connectivity index (χ4v) is 6.47. The van der Waals surface area contributed by atoms with Crippen molar-refractivity contribution < 1.29 is 0 Å². The highest BCUT2D eigenvalue weighted by molar-refractivity contribution is 5.02. The highest BCUT2D eigenvalue weighted by atomic mass is 14.5. The van der Waals surface area contributed by atoms with Gasteiger partial charge in [0, 0.05) is 0 Å². The van der Waals surface area contributed by atoms with Gasteiger partial charge in [0.25, 0.3) is 0 Å². The second kappa shape index (κ2) is 8.25. The van der Waals surface area contributed by atoms with Gasteiger partial charge in [-0.25, -0.2) is 0 Å². The molecular formula is C23H39N. The van der Waals surface area contributed by atoms with Crippen molar-refractivity contribution in [3.63, 3.8) is 0 Å². The molecule has 0 amide bonds. The van der Waals surface area contributed by atoms with Gasteiger partial charge in [-0.1, -0.05) is 46.0 Å². The fourth-order valence-electron chi connectivity index (χ4n) is 6.47. The van der Waals surface area contributed by atoms with Crippen LogP contribution < -0.4 is 0 Å². The lowest BCUT2D eigenvalue weighted by Gasteiger charge is -2.43. The lowest BCUT2D eigenvalue weighted by Crippen LogP contribution is -2.33. The summed E-state index contributed by atoms with van der Waals surface area (Å²) < 4.78 is 0. The van der Waals surface area contributed by atoms with E-state index >= 15 is 0 Å². The van der Waals surface area contributed by atoms with E-state index in [1.807, 2.05) is 0 Å². The quantitative estimate of drug-likeness (QED) is 0.538. The van der Waals surface area contributed by atoms with E-state index in [0.717, 1.165) is 42.4 Å². The van der Waals surface area contributed by atoms with E-state index in [1.165, 1.54) is 77.0 Å². The molecule has 0 radical (unpaired) electrons. The predicted octanol–water partition coefficient (Wildman–Crippen LogP) is 7.12. The highest BCUT2D eigenvalue weighted by Crippen LogP contribution is 2.49. The summed E-state index contributed by atoms with van der Waals surface area (Å²) in [6.07, 6.45) is 19.5. The monoisotopic (exact) mass is 329 g/mol. The van der Waals surface area contributed by atoms with Crippen LogP contribution in [-0.4, -0.2) is 0 Å². The normalized spacial score (nSPS) is 44.0. The summed E-state index contributed by atoms with van der Waals surface area (Å²) in [4.78, 5) is 0. The maximum Gasteiger partial charge on any atom is 0.0689 e. The summed E-state index contributed by atoms with van der Waals surface area (Å²) >= 11 is 0. The van der Waals surface area contributed by atoms with Gasteiger partial charge in [0.05, 0.1) is 11.5 Å². The Kier molecular flexibility index (Phi) is 6.28. The average molecular weight is 330 g/mol. The van der Waals surface area contributed by atoms with E-state index in [0.29, 0.717) is 0 Å². The molecule has 0 N–H and O–H groups in total. The van der Waals surface area contributed by atoms with E-state index in [1.54, 1.807) is 0 Å². The topological polar surface area (TPSA) is 23.8 Å². The summed E-state index contributed by atoms with van der Waals surface area (Å²) in [5, 5.41) is 9.66. The Hall–Kier alpha value is -0.510. The van der Waals surface area contributed by atoms with Crippen molar-refractivity contribution in [2.24, 2.45) is 35.0 Å². The molecule has 0 bridgehead atoms. The number of hydrogen-bond acceptors (Lipinski definition) is 1. The summed E-state index contributed by atoms with van der Waals surface area (Å²) in [7, 11) is 0. The highest BCUT2D eigenvalue weighted by Gasteiger charge is 2.39. The molecule has 0 aromatic rings. The Morgan fingerprint density at radius 3 is 1.83 bits per heavy atom. The third-order valence-electron chi connectivity index (χ3n) is 8.42. The molecule has 0 aromatic carbocycles. The maximum absolute atomic E-state index is 9.66. The molecule has 3 aliphatic rings. The van der Waals surface area contributed by atoms with Crippen molar-refractivity contribution in [1.29, 1.82) is 5.26 Å². The van der Waals surface area contributed by atoms with E-state index in [4.69, 9.17) is 0 Å². The zero-order valence-electron chi connectivity index (χ0n) is 16.2. The van der Waals surface area contributed by atoms with E-state index in [9.17, 15) is 5.26 Å². The molecule has 2 unspecified atom stereocenters. The fraction of sp³-hybridized carbons (Fsp3) is 0.957. The molecule has 136 valence electrons. The second-order valence-electron chi connectivity index (χ2n) is 9.47. The third-order valence-corrected chi connectivity index (χ3v) is 8.42. The Bertz CT molecular complexity index is 420. The third kappa shape index (κ3) is 4.00. The van der Waals surface area contributed by atoms with Gasteiger partial charge in [-0.2, -0.15) is 5.26 Å². The molecule has 0 aromatic heterocycles. The second-order valence-corrected chi connectivity index (χ2v) is 9.47. The molecular weight excluding hydrogens is 290 g/mol. The molecule has 3 saturated carbocycles. The van der Waals surface area contributed by atoms with Crippen LogP contribution in [0.15, 0.2) is 0 Å². The maximum atomic E-state index is 9.66. The van der Waals surface area contributed by atoms with Crippen LogP contribution in [0.4, 0.5) is 0 Å². The average Bonchev–Trinajstić information content (AvgIpc) is 2.68. The minimum absolute atomic E-state index is 0.0261. The first-order valence-electron chi connectivity index (χ1n) is 11.1. The van der Waals surface area contributed by atoms with Crippen molar-refractivity contribution in [3.8, 4) is 6.07 Å². The first-order chi connectivity index (χ1) is 11.7. The Labute approximate surface area is 150 Å². The Morgan fingerprint density at radius 2 is 1.33 bits per heavy atom. The van der Waals surface area contributed by atoms with E-state index in [2.05, 4.69) is 19.9 Å². The summed E-state index contributed by atoms with van der Waals surface area (Å²) in [6.45, 7) is 4.60. The van der Waals surface area contributed by atoms with Crippen LogP contribution in [0.3, 0.4) is 0 Å². The molecule has 2 atom stereocenters. The summed E-state index contributed by atoms with van der Waals surface area (Å²) in [5.74, 6) is 4.92. The minimum Gasteiger partial charge on any atom is -0.198 e. The molecule has 1 heteroatoms. The van der Waals surface area contributed by atoms with E-state index in [-0.39, 0.29) is 5.41 Å². The van der Waals surface area contributed by atoms with Crippen LogP contribution in [0.5, 0.6) is 0 Å². The number of hydrogen-bond donors (Lipinski definition) is 0. The van der Waals surface area contributed by atoms with Crippen LogP contribution >= 0.6 is 0 Å². The number of nitriles is 1. The zero-order valence-corrected chi connectivity index (χ0v) is 16.2. The van der Waals surface area contributed by atoms with Crippen molar-refractivity contribution >= 4 is 0 Å². The lowest BCUT2D eigenvalue weighted by atomic mass is 9.61. The smallest absolute Gasteiger partial charge is 0.0689 e. The standard InChI is InChI=1S/C23H39N/c1-3-18-7-9-19(10-8-18)20-11-13-21(14-12-20)22-6-5-15-23(4-2,16-22)17-24/h18-22H,3-16H2,1-2H3/t18-,19-,20-,21-,22?,23?. The predicted molar refractivity (Wildman–Crippen MR) is 101 cm³/mol.